The van der Waals surface area contributed by atoms with E-state index in [0.717, 1.165) is 4.90 Å². The quantitative estimate of drug-likeness (QED) is 0.659. The van der Waals surface area contributed by atoms with Gasteiger partial charge in [-0.25, -0.2) is 4.79 Å². The lowest BCUT2D eigenvalue weighted by atomic mass is 10.0. The highest BCUT2D eigenvalue weighted by atomic mass is 16.7. The fourth-order valence-electron chi connectivity index (χ4n) is 2.40. The lowest BCUT2D eigenvalue weighted by molar-refractivity contribution is -0.200. The van der Waals surface area contributed by atoms with Crippen molar-refractivity contribution in [1.29, 1.82) is 0 Å². The van der Waals surface area contributed by atoms with E-state index in [2.05, 4.69) is 0 Å². The minimum absolute atomic E-state index is 0.0271. The van der Waals surface area contributed by atoms with Crippen molar-refractivity contribution < 1.29 is 28.8 Å². The van der Waals surface area contributed by atoms with Crippen LogP contribution in [-0.4, -0.2) is 45.6 Å². The monoisotopic (exact) mass is 308 g/mol. The van der Waals surface area contributed by atoms with Gasteiger partial charge < -0.3 is 4.84 Å². The van der Waals surface area contributed by atoms with Crippen LogP contribution in [0.1, 0.15) is 33.1 Å². The van der Waals surface area contributed by atoms with Crippen LogP contribution in [0.3, 0.4) is 0 Å². The van der Waals surface area contributed by atoms with Crippen molar-refractivity contribution in [3.63, 3.8) is 0 Å². The van der Waals surface area contributed by atoms with E-state index in [4.69, 9.17) is 4.84 Å². The zero-order chi connectivity index (χ0) is 16.4. The highest BCUT2D eigenvalue weighted by molar-refractivity contribution is 6.13. The molecule has 0 aromatic carbocycles. The average molecular weight is 308 g/mol. The molecule has 2 unspecified atom stereocenters. The molecule has 0 aromatic heterocycles. The summed E-state index contributed by atoms with van der Waals surface area (Å²) in [5, 5.41) is 0.483. The van der Waals surface area contributed by atoms with Crippen LogP contribution in [0.15, 0.2) is 12.2 Å². The molecule has 2 aliphatic rings. The molecule has 4 amide bonds. The van der Waals surface area contributed by atoms with E-state index < -0.39 is 41.6 Å². The predicted molar refractivity (Wildman–Crippen MR) is 71.4 cm³/mol. The maximum Gasteiger partial charge on any atom is 0.336 e. The SMILES string of the molecule is CC(CC(C)N1C(=O)C=CC1=O)C(=O)ON1C(=O)CCC1=O. The lowest BCUT2D eigenvalue weighted by Gasteiger charge is -2.25. The molecular formula is C14H16N2O6. The molecule has 8 nitrogen and oxygen atoms in total. The van der Waals surface area contributed by atoms with Gasteiger partial charge in [-0.05, 0) is 13.3 Å². The van der Waals surface area contributed by atoms with E-state index >= 15 is 0 Å². The van der Waals surface area contributed by atoms with Crippen LogP contribution < -0.4 is 0 Å². The van der Waals surface area contributed by atoms with Crippen molar-refractivity contribution in [1.82, 2.24) is 9.96 Å². The summed E-state index contributed by atoms with van der Waals surface area (Å²) in [5.41, 5.74) is 0. The van der Waals surface area contributed by atoms with Crippen LogP contribution in [0, 0.1) is 5.92 Å². The molecule has 1 saturated heterocycles. The highest BCUT2D eigenvalue weighted by Gasteiger charge is 2.35. The Hall–Kier alpha value is -2.51. The Morgan fingerprint density at radius 1 is 1.09 bits per heavy atom. The molecule has 0 spiro atoms. The molecule has 2 rings (SSSR count). The van der Waals surface area contributed by atoms with Crippen molar-refractivity contribution in [2.45, 2.75) is 39.2 Å². The number of nitrogens with zero attached hydrogens (tertiary/aromatic N) is 2. The topological polar surface area (TPSA) is 101 Å². The van der Waals surface area contributed by atoms with Gasteiger partial charge in [0.1, 0.15) is 0 Å². The summed E-state index contributed by atoms with van der Waals surface area (Å²) in [4.78, 5) is 63.6. The molecule has 0 bridgehead atoms. The van der Waals surface area contributed by atoms with E-state index in [1.807, 2.05) is 0 Å². The molecule has 22 heavy (non-hydrogen) atoms. The molecular weight excluding hydrogens is 292 g/mol. The standard InChI is InChI=1S/C14H16N2O6/c1-8(7-9(2)15-10(17)3-4-11(15)18)14(21)22-16-12(19)5-6-13(16)20/h3-4,8-9H,5-7H2,1-2H3. The first-order valence-corrected chi connectivity index (χ1v) is 6.94. The summed E-state index contributed by atoms with van der Waals surface area (Å²) in [7, 11) is 0. The summed E-state index contributed by atoms with van der Waals surface area (Å²) in [6, 6.07) is -0.498. The number of carbonyl (C=O) groups excluding carboxylic acids is 5. The molecule has 0 saturated carbocycles. The Labute approximate surface area is 126 Å². The van der Waals surface area contributed by atoms with Crippen molar-refractivity contribution in [3.8, 4) is 0 Å². The fourth-order valence-corrected chi connectivity index (χ4v) is 2.40. The first kappa shape index (κ1) is 15.9. The molecule has 0 radical (unpaired) electrons. The van der Waals surface area contributed by atoms with Gasteiger partial charge in [0.25, 0.3) is 23.6 Å². The molecule has 0 aromatic rings. The van der Waals surface area contributed by atoms with E-state index in [-0.39, 0.29) is 19.3 Å². The fraction of sp³-hybridized carbons (Fsp3) is 0.500. The second-order valence-corrected chi connectivity index (χ2v) is 5.36. The molecule has 8 heteroatoms. The van der Waals surface area contributed by atoms with Crippen molar-refractivity contribution in [2.24, 2.45) is 5.92 Å². The second kappa shape index (κ2) is 6.08. The number of hydroxylamine groups is 2. The van der Waals surface area contributed by atoms with E-state index in [1.165, 1.54) is 12.2 Å². The zero-order valence-corrected chi connectivity index (χ0v) is 12.3. The van der Waals surface area contributed by atoms with Crippen LogP contribution in [-0.2, 0) is 28.8 Å². The van der Waals surface area contributed by atoms with Gasteiger partial charge in [-0.15, -0.1) is 5.06 Å². The van der Waals surface area contributed by atoms with Gasteiger partial charge in [-0.2, -0.15) is 0 Å². The van der Waals surface area contributed by atoms with Gasteiger partial charge in [-0.1, -0.05) is 6.92 Å². The number of amides is 4. The number of rotatable bonds is 5. The first-order chi connectivity index (χ1) is 10.3. The number of hydrogen-bond donors (Lipinski definition) is 0. The summed E-state index contributed by atoms with van der Waals surface area (Å²) < 4.78 is 0. The van der Waals surface area contributed by atoms with Gasteiger partial charge in [-0.3, -0.25) is 24.1 Å². The zero-order valence-electron chi connectivity index (χ0n) is 12.3. The third-order valence-corrected chi connectivity index (χ3v) is 3.57. The van der Waals surface area contributed by atoms with Crippen LogP contribution in [0.5, 0.6) is 0 Å². The summed E-state index contributed by atoms with van der Waals surface area (Å²) in [6.07, 6.45) is 2.57. The molecule has 0 N–H and O–H groups in total. The molecule has 1 fully saturated rings. The van der Waals surface area contributed by atoms with Crippen molar-refractivity contribution in [3.05, 3.63) is 12.2 Å². The molecule has 2 atom stereocenters. The Balaban J connectivity index is 1.91. The van der Waals surface area contributed by atoms with E-state index in [0.29, 0.717) is 5.06 Å². The molecule has 2 heterocycles. The van der Waals surface area contributed by atoms with Gasteiger partial charge in [0.2, 0.25) is 0 Å². The van der Waals surface area contributed by atoms with Gasteiger partial charge >= 0.3 is 5.97 Å². The van der Waals surface area contributed by atoms with Crippen LogP contribution >= 0.6 is 0 Å². The maximum absolute atomic E-state index is 11.9. The summed E-state index contributed by atoms with van der Waals surface area (Å²) in [5.74, 6) is -3.38. The first-order valence-electron chi connectivity index (χ1n) is 6.94. The molecule has 2 aliphatic heterocycles. The van der Waals surface area contributed by atoms with Gasteiger partial charge in [0.05, 0.1) is 5.92 Å². The largest absolute Gasteiger partial charge is 0.336 e. The Kier molecular flexibility index (Phi) is 4.39. The normalized spacial score (nSPS) is 20.8. The second-order valence-electron chi connectivity index (χ2n) is 5.36. The number of hydrogen-bond acceptors (Lipinski definition) is 6. The van der Waals surface area contributed by atoms with E-state index in [9.17, 15) is 24.0 Å². The molecule has 118 valence electrons. The Morgan fingerprint density at radius 2 is 1.59 bits per heavy atom. The summed E-state index contributed by atoms with van der Waals surface area (Å²) in [6.45, 7) is 3.18. The van der Waals surface area contributed by atoms with Gasteiger partial charge in [0.15, 0.2) is 0 Å². The Bertz CT molecular complexity index is 548. The van der Waals surface area contributed by atoms with Crippen molar-refractivity contribution in [2.75, 3.05) is 0 Å². The highest BCUT2D eigenvalue weighted by Crippen LogP contribution is 2.19. The van der Waals surface area contributed by atoms with Crippen molar-refractivity contribution >= 4 is 29.6 Å². The van der Waals surface area contributed by atoms with Crippen LogP contribution in [0.2, 0.25) is 0 Å². The minimum Gasteiger partial charge on any atom is -0.330 e. The third kappa shape index (κ3) is 3.05. The van der Waals surface area contributed by atoms with Crippen LogP contribution in [0.25, 0.3) is 0 Å². The van der Waals surface area contributed by atoms with E-state index in [1.54, 1.807) is 13.8 Å². The Morgan fingerprint density at radius 3 is 2.09 bits per heavy atom. The maximum atomic E-state index is 11.9. The lowest BCUT2D eigenvalue weighted by Crippen LogP contribution is -2.41. The number of carbonyl (C=O) groups is 5. The minimum atomic E-state index is -0.748. The van der Waals surface area contributed by atoms with Crippen LogP contribution in [0.4, 0.5) is 0 Å². The summed E-state index contributed by atoms with van der Waals surface area (Å²) >= 11 is 0. The average Bonchev–Trinajstić information content (AvgIpc) is 2.95. The number of imide groups is 2. The predicted octanol–water partition coefficient (Wildman–Crippen LogP) is -0.0667. The smallest absolute Gasteiger partial charge is 0.330 e. The van der Waals surface area contributed by atoms with Gasteiger partial charge in [0, 0.05) is 31.0 Å². The third-order valence-electron chi connectivity index (χ3n) is 3.57. The molecule has 0 aliphatic carbocycles.